The first kappa shape index (κ1) is 26.0. The normalized spacial score (nSPS) is 18.8. The summed E-state index contributed by atoms with van der Waals surface area (Å²) in [6.45, 7) is 7.03. The van der Waals surface area contributed by atoms with Crippen LogP contribution in [0.5, 0.6) is 0 Å². The van der Waals surface area contributed by atoms with Gasteiger partial charge in [-0.05, 0) is 55.3 Å². The van der Waals surface area contributed by atoms with Gasteiger partial charge in [-0.25, -0.2) is 12.8 Å². The first-order valence-corrected chi connectivity index (χ1v) is 15.2. The zero-order valence-electron chi connectivity index (χ0n) is 22.5. The molecule has 0 radical (unpaired) electrons. The fourth-order valence-corrected chi connectivity index (χ4v) is 6.47. The van der Waals surface area contributed by atoms with E-state index >= 15 is 4.39 Å². The molecular formula is C30H33FN4O3S. The van der Waals surface area contributed by atoms with Crippen LogP contribution in [0.2, 0.25) is 0 Å². The van der Waals surface area contributed by atoms with Gasteiger partial charge in [-0.3, -0.25) is 9.88 Å². The molecule has 0 N–H and O–H groups in total. The minimum absolute atomic E-state index is 0.233. The minimum Gasteiger partial charge on any atom is -0.380 e. The summed E-state index contributed by atoms with van der Waals surface area (Å²) >= 11 is 0. The largest absolute Gasteiger partial charge is 0.380 e. The first-order valence-electron chi connectivity index (χ1n) is 13.3. The molecule has 0 bridgehead atoms. The number of halogens is 1. The van der Waals surface area contributed by atoms with Crippen molar-refractivity contribution in [1.29, 1.82) is 0 Å². The summed E-state index contributed by atoms with van der Waals surface area (Å²) in [5.41, 5.74) is 5.80. The third-order valence-electron chi connectivity index (χ3n) is 8.13. The van der Waals surface area contributed by atoms with Gasteiger partial charge in [0.15, 0.2) is 9.84 Å². The molecule has 2 fully saturated rings. The quantitative estimate of drug-likeness (QED) is 0.361. The lowest BCUT2D eigenvalue weighted by atomic mass is 10.1. The molecule has 1 unspecified atom stereocenters. The number of benzene rings is 2. The highest BCUT2D eigenvalue weighted by Crippen LogP contribution is 2.33. The van der Waals surface area contributed by atoms with Gasteiger partial charge in [0.25, 0.3) is 0 Å². The van der Waals surface area contributed by atoms with Crippen molar-refractivity contribution in [3.05, 3.63) is 66.1 Å². The van der Waals surface area contributed by atoms with Gasteiger partial charge in [0.1, 0.15) is 5.82 Å². The predicted octanol–water partition coefficient (Wildman–Crippen LogP) is 4.67. The van der Waals surface area contributed by atoms with Crippen molar-refractivity contribution in [2.45, 2.75) is 24.3 Å². The predicted molar refractivity (Wildman–Crippen MR) is 152 cm³/mol. The maximum atomic E-state index is 15.4. The Bertz CT molecular complexity index is 1640. The number of piperazine rings is 1. The maximum absolute atomic E-state index is 15.4. The zero-order valence-corrected chi connectivity index (χ0v) is 23.3. The molecule has 2 aliphatic rings. The molecule has 6 rings (SSSR count). The Kier molecular flexibility index (Phi) is 6.69. The van der Waals surface area contributed by atoms with Gasteiger partial charge in [-0.15, -0.1) is 0 Å². The number of aromatic nitrogens is 2. The number of hydrogen-bond donors (Lipinski definition) is 0. The van der Waals surface area contributed by atoms with Gasteiger partial charge in [-0.1, -0.05) is 18.2 Å². The Morgan fingerprint density at radius 3 is 2.33 bits per heavy atom. The lowest BCUT2D eigenvalue weighted by Crippen LogP contribution is -2.50. The fourth-order valence-electron chi connectivity index (χ4n) is 5.84. The van der Waals surface area contributed by atoms with Gasteiger partial charge < -0.3 is 14.2 Å². The number of hydrogen-bond acceptors (Lipinski definition) is 6. The third kappa shape index (κ3) is 4.95. The van der Waals surface area contributed by atoms with Crippen LogP contribution in [0.1, 0.15) is 12.1 Å². The Hall–Kier alpha value is -3.27. The molecule has 39 heavy (non-hydrogen) atoms. The SMILES string of the molecule is Cc1nc(-c2ccc(N3CCN(C4CCOC4)CC3)c(F)c2)cc2c1cc(-c1ccc(S(C)(=O)=O)cc1)n2C. The van der Waals surface area contributed by atoms with E-state index in [0.717, 1.165) is 84.9 Å². The van der Waals surface area contributed by atoms with Crippen molar-refractivity contribution in [2.24, 2.45) is 7.05 Å². The molecule has 2 aromatic heterocycles. The van der Waals surface area contributed by atoms with E-state index in [1.807, 2.05) is 44.3 Å². The second-order valence-corrected chi connectivity index (χ2v) is 12.6. The zero-order chi connectivity index (χ0) is 27.3. The van der Waals surface area contributed by atoms with Gasteiger partial charge >= 0.3 is 0 Å². The first-order chi connectivity index (χ1) is 18.7. The van der Waals surface area contributed by atoms with Crippen LogP contribution in [0.25, 0.3) is 33.4 Å². The van der Waals surface area contributed by atoms with Crippen molar-refractivity contribution in [3.8, 4) is 22.5 Å². The van der Waals surface area contributed by atoms with Crippen molar-refractivity contribution in [3.63, 3.8) is 0 Å². The summed E-state index contributed by atoms with van der Waals surface area (Å²) in [5.74, 6) is -0.233. The fraction of sp³-hybridized carbons (Fsp3) is 0.367. The number of sulfone groups is 1. The molecular weight excluding hydrogens is 515 g/mol. The molecule has 9 heteroatoms. The number of pyridine rings is 1. The second kappa shape index (κ2) is 10.0. The molecule has 7 nitrogen and oxygen atoms in total. The monoisotopic (exact) mass is 548 g/mol. The lowest BCUT2D eigenvalue weighted by molar-refractivity contribution is 0.139. The summed E-state index contributed by atoms with van der Waals surface area (Å²) in [6, 6.07) is 16.9. The van der Waals surface area contributed by atoms with Crippen molar-refractivity contribution in [1.82, 2.24) is 14.5 Å². The molecule has 0 saturated carbocycles. The van der Waals surface area contributed by atoms with Crippen LogP contribution < -0.4 is 4.90 Å². The highest BCUT2D eigenvalue weighted by atomic mass is 32.2. The molecule has 4 aromatic rings. The lowest BCUT2D eigenvalue weighted by Gasteiger charge is -2.38. The van der Waals surface area contributed by atoms with Crippen LogP contribution in [-0.2, 0) is 21.6 Å². The van der Waals surface area contributed by atoms with Crippen LogP contribution >= 0.6 is 0 Å². The molecule has 0 amide bonds. The van der Waals surface area contributed by atoms with E-state index in [4.69, 9.17) is 9.72 Å². The molecule has 0 spiro atoms. The van der Waals surface area contributed by atoms with E-state index in [0.29, 0.717) is 16.6 Å². The average molecular weight is 549 g/mol. The van der Waals surface area contributed by atoms with Gasteiger partial charge in [-0.2, -0.15) is 0 Å². The molecule has 2 aliphatic heterocycles. The molecule has 2 saturated heterocycles. The van der Waals surface area contributed by atoms with Crippen molar-refractivity contribution in [2.75, 3.05) is 50.5 Å². The number of nitrogens with zero attached hydrogens (tertiary/aromatic N) is 4. The Labute approximate surface area is 228 Å². The standard InChI is InChI=1S/C30H33FN4O3S/c1-20-25-17-29(21-4-7-24(8-5-21)39(3,36)37)33(2)30(25)18-27(32-20)22-6-9-28(26(31)16-22)35-13-11-34(12-14-35)23-10-15-38-19-23/h4-9,16-18,23H,10-15,19H2,1-3H3. The van der Waals surface area contributed by atoms with Crippen LogP contribution in [0.3, 0.4) is 0 Å². The number of fused-ring (bicyclic) bond motifs is 1. The van der Waals surface area contributed by atoms with Crippen molar-refractivity contribution >= 4 is 26.4 Å². The Morgan fingerprint density at radius 1 is 0.974 bits per heavy atom. The number of aryl methyl sites for hydroxylation is 2. The number of rotatable bonds is 5. The van der Waals surface area contributed by atoms with Crippen LogP contribution in [0, 0.1) is 12.7 Å². The summed E-state index contributed by atoms with van der Waals surface area (Å²) in [7, 11) is -1.28. The Morgan fingerprint density at radius 2 is 1.69 bits per heavy atom. The van der Waals surface area contributed by atoms with E-state index < -0.39 is 9.84 Å². The molecule has 0 aliphatic carbocycles. The Balaban J connectivity index is 1.26. The maximum Gasteiger partial charge on any atom is 0.175 e. The molecule has 2 aromatic carbocycles. The second-order valence-electron chi connectivity index (χ2n) is 10.6. The van der Waals surface area contributed by atoms with E-state index in [1.165, 1.54) is 6.26 Å². The molecule has 1 atom stereocenters. The van der Waals surface area contributed by atoms with Crippen LogP contribution in [0.4, 0.5) is 10.1 Å². The summed E-state index contributed by atoms with van der Waals surface area (Å²) in [5, 5.41) is 1.01. The van der Waals surface area contributed by atoms with E-state index in [9.17, 15) is 8.42 Å². The van der Waals surface area contributed by atoms with E-state index in [1.54, 1.807) is 18.2 Å². The average Bonchev–Trinajstić information content (AvgIpc) is 3.57. The summed E-state index contributed by atoms with van der Waals surface area (Å²) in [6.07, 6.45) is 2.29. The summed E-state index contributed by atoms with van der Waals surface area (Å²) < 4.78 is 46.7. The van der Waals surface area contributed by atoms with Gasteiger partial charge in [0, 0.05) is 74.5 Å². The highest BCUT2D eigenvalue weighted by Gasteiger charge is 2.27. The molecule has 4 heterocycles. The topological polar surface area (TPSA) is 67.7 Å². The van der Waals surface area contributed by atoms with E-state index in [2.05, 4.69) is 20.4 Å². The van der Waals surface area contributed by atoms with Crippen LogP contribution in [0.15, 0.2) is 59.5 Å². The summed E-state index contributed by atoms with van der Waals surface area (Å²) in [4.78, 5) is 9.70. The molecule has 204 valence electrons. The smallest absolute Gasteiger partial charge is 0.175 e. The highest BCUT2D eigenvalue weighted by molar-refractivity contribution is 7.90. The third-order valence-corrected chi connectivity index (χ3v) is 9.26. The number of ether oxygens (including phenoxy) is 1. The van der Waals surface area contributed by atoms with Crippen molar-refractivity contribution < 1.29 is 17.5 Å². The van der Waals surface area contributed by atoms with Crippen LogP contribution in [-0.4, -0.2) is 74.6 Å². The van der Waals surface area contributed by atoms with E-state index in [-0.39, 0.29) is 5.82 Å². The number of anilines is 1. The van der Waals surface area contributed by atoms with Gasteiger partial charge in [0.2, 0.25) is 0 Å². The van der Waals surface area contributed by atoms with Gasteiger partial charge in [0.05, 0.1) is 28.4 Å². The minimum atomic E-state index is -3.26.